The highest BCUT2D eigenvalue weighted by Gasteiger charge is 2.25. The molecule has 2 fully saturated rings. The van der Waals surface area contributed by atoms with Crippen molar-refractivity contribution in [2.75, 3.05) is 32.8 Å². The van der Waals surface area contributed by atoms with E-state index < -0.39 is 0 Å². The summed E-state index contributed by atoms with van der Waals surface area (Å²) >= 11 is 0. The first kappa shape index (κ1) is 16.1. The number of aliphatic hydroxyl groups is 1. The van der Waals surface area contributed by atoms with Gasteiger partial charge in [0, 0.05) is 42.9 Å². The van der Waals surface area contributed by atoms with Crippen LogP contribution in [-0.2, 0) is 6.54 Å². The molecule has 0 saturated carbocycles. The van der Waals surface area contributed by atoms with E-state index in [1.807, 2.05) is 12.3 Å². The first-order chi connectivity index (χ1) is 11.8. The Morgan fingerprint density at radius 1 is 1.25 bits per heavy atom. The number of H-pyrrole nitrogens is 1. The topological polar surface area (TPSA) is 64.2 Å². The minimum Gasteiger partial charge on any atom is -0.396 e. The smallest absolute Gasteiger partial charge is 0.137 e. The van der Waals surface area contributed by atoms with Crippen molar-refractivity contribution >= 4 is 11.0 Å². The molecule has 0 amide bonds. The lowest BCUT2D eigenvalue weighted by Gasteiger charge is -2.32. The summed E-state index contributed by atoms with van der Waals surface area (Å²) in [5.41, 5.74) is 3.86. The summed E-state index contributed by atoms with van der Waals surface area (Å²) in [6.07, 6.45) is 6.60. The molecule has 2 aliphatic rings. The number of hydrogen-bond donors (Lipinski definition) is 3. The fourth-order valence-electron chi connectivity index (χ4n) is 4.39. The monoisotopic (exact) mass is 328 g/mol. The Morgan fingerprint density at radius 2 is 2.12 bits per heavy atom. The second-order valence-electron chi connectivity index (χ2n) is 7.37. The van der Waals surface area contributed by atoms with Crippen LogP contribution in [0.25, 0.3) is 11.0 Å². The maximum Gasteiger partial charge on any atom is 0.137 e. The Bertz CT molecular complexity index is 677. The van der Waals surface area contributed by atoms with Gasteiger partial charge in [-0.3, -0.25) is 4.90 Å². The van der Waals surface area contributed by atoms with Crippen LogP contribution < -0.4 is 5.32 Å². The Labute approximate surface area is 143 Å². The van der Waals surface area contributed by atoms with Gasteiger partial charge < -0.3 is 15.4 Å². The van der Waals surface area contributed by atoms with E-state index in [0.29, 0.717) is 18.4 Å². The van der Waals surface area contributed by atoms with E-state index in [1.165, 1.54) is 35.9 Å². The van der Waals surface area contributed by atoms with Crippen molar-refractivity contribution in [3.63, 3.8) is 0 Å². The number of pyridine rings is 1. The number of piperidine rings is 2. The fraction of sp³-hybridized carbons (Fsp3) is 0.632. The van der Waals surface area contributed by atoms with Crippen molar-refractivity contribution in [2.24, 2.45) is 5.92 Å². The normalized spacial score (nSPS) is 23.8. The molecular weight excluding hydrogens is 300 g/mol. The highest BCUT2D eigenvalue weighted by molar-refractivity contribution is 5.81. The molecule has 1 atom stereocenters. The van der Waals surface area contributed by atoms with Crippen molar-refractivity contribution in [2.45, 2.75) is 38.1 Å². The van der Waals surface area contributed by atoms with E-state index in [4.69, 9.17) is 0 Å². The first-order valence-corrected chi connectivity index (χ1v) is 9.34. The predicted octanol–water partition coefficient (Wildman–Crippen LogP) is 2.23. The van der Waals surface area contributed by atoms with E-state index in [2.05, 4.69) is 26.3 Å². The zero-order valence-electron chi connectivity index (χ0n) is 14.3. The van der Waals surface area contributed by atoms with Crippen LogP contribution in [0, 0.1) is 5.92 Å². The highest BCUT2D eigenvalue weighted by atomic mass is 16.3. The summed E-state index contributed by atoms with van der Waals surface area (Å²) in [5.74, 6) is 1.04. The molecule has 0 radical (unpaired) electrons. The minimum absolute atomic E-state index is 0.313. The average molecular weight is 328 g/mol. The summed E-state index contributed by atoms with van der Waals surface area (Å²) in [4.78, 5) is 10.7. The van der Waals surface area contributed by atoms with Crippen LogP contribution in [0.2, 0.25) is 0 Å². The van der Waals surface area contributed by atoms with Crippen LogP contribution in [0.3, 0.4) is 0 Å². The van der Waals surface area contributed by atoms with E-state index in [9.17, 15) is 5.11 Å². The first-order valence-electron chi connectivity index (χ1n) is 9.34. The summed E-state index contributed by atoms with van der Waals surface area (Å²) < 4.78 is 0. The number of nitrogens with one attached hydrogen (secondary N) is 2. The Hall–Kier alpha value is -1.43. The molecule has 0 aliphatic carbocycles. The zero-order chi connectivity index (χ0) is 16.4. The van der Waals surface area contributed by atoms with E-state index in [0.717, 1.165) is 44.8 Å². The van der Waals surface area contributed by atoms with Gasteiger partial charge in [0.15, 0.2) is 0 Å². The van der Waals surface area contributed by atoms with Gasteiger partial charge in [-0.1, -0.05) is 0 Å². The van der Waals surface area contributed by atoms with Crippen molar-refractivity contribution in [1.29, 1.82) is 0 Å². The van der Waals surface area contributed by atoms with Crippen molar-refractivity contribution < 1.29 is 5.11 Å². The zero-order valence-corrected chi connectivity index (χ0v) is 14.3. The molecule has 3 N–H and O–H groups in total. The van der Waals surface area contributed by atoms with Crippen LogP contribution in [0.5, 0.6) is 0 Å². The lowest BCUT2D eigenvalue weighted by atomic mass is 9.91. The van der Waals surface area contributed by atoms with Crippen LogP contribution >= 0.6 is 0 Å². The van der Waals surface area contributed by atoms with Crippen LogP contribution in [-0.4, -0.2) is 52.8 Å². The van der Waals surface area contributed by atoms with Crippen molar-refractivity contribution in [1.82, 2.24) is 20.2 Å². The van der Waals surface area contributed by atoms with E-state index in [-0.39, 0.29) is 0 Å². The van der Waals surface area contributed by atoms with Gasteiger partial charge in [0.05, 0.1) is 0 Å². The molecule has 0 spiro atoms. The molecule has 2 saturated heterocycles. The number of likely N-dealkylation sites (tertiary alicyclic amines) is 1. The second kappa shape index (κ2) is 7.21. The number of aromatic amines is 1. The molecule has 130 valence electrons. The number of hydrogen-bond acceptors (Lipinski definition) is 4. The molecule has 0 aromatic carbocycles. The molecular formula is C19H28N4O. The van der Waals surface area contributed by atoms with Crippen LogP contribution in [0.15, 0.2) is 18.3 Å². The predicted molar refractivity (Wildman–Crippen MR) is 96.0 cm³/mol. The average Bonchev–Trinajstić information content (AvgIpc) is 3.01. The maximum atomic E-state index is 9.52. The highest BCUT2D eigenvalue weighted by Crippen LogP contribution is 2.33. The molecule has 2 aliphatic heterocycles. The summed E-state index contributed by atoms with van der Waals surface area (Å²) in [7, 11) is 0. The third-order valence-electron chi connectivity index (χ3n) is 5.70. The van der Waals surface area contributed by atoms with Gasteiger partial charge in [0.2, 0.25) is 0 Å². The summed E-state index contributed by atoms with van der Waals surface area (Å²) in [6.45, 7) is 5.63. The minimum atomic E-state index is 0.313. The Kier molecular flexibility index (Phi) is 4.83. The molecule has 1 unspecified atom stereocenters. The molecule has 2 aromatic heterocycles. The lowest BCUT2D eigenvalue weighted by Crippen LogP contribution is -2.36. The Balaban J connectivity index is 1.64. The molecule has 5 heteroatoms. The number of aliphatic hydroxyl groups excluding tert-OH is 1. The van der Waals surface area contributed by atoms with Crippen molar-refractivity contribution in [3.8, 4) is 0 Å². The van der Waals surface area contributed by atoms with Gasteiger partial charge in [-0.05, 0) is 68.9 Å². The van der Waals surface area contributed by atoms with Crippen LogP contribution in [0.4, 0.5) is 0 Å². The van der Waals surface area contributed by atoms with Gasteiger partial charge in [-0.2, -0.15) is 0 Å². The summed E-state index contributed by atoms with van der Waals surface area (Å²) in [5, 5.41) is 14.3. The number of aromatic nitrogens is 2. The molecule has 4 heterocycles. The molecule has 5 nitrogen and oxygen atoms in total. The van der Waals surface area contributed by atoms with Gasteiger partial charge in [0.1, 0.15) is 5.65 Å². The van der Waals surface area contributed by atoms with Gasteiger partial charge in [0.25, 0.3) is 0 Å². The standard InChI is InChI=1S/C19H28N4O/c24-13-14-3-2-10-23(11-14)12-17-16-4-1-7-21-19(16)22-18(17)15-5-8-20-9-6-15/h1,4,7,14-15,20,24H,2-3,5-6,8-13H2,(H,21,22). The molecule has 0 bridgehead atoms. The van der Waals surface area contributed by atoms with E-state index >= 15 is 0 Å². The number of fused-ring (bicyclic) bond motifs is 1. The largest absolute Gasteiger partial charge is 0.396 e. The third-order valence-corrected chi connectivity index (χ3v) is 5.70. The lowest BCUT2D eigenvalue weighted by molar-refractivity contribution is 0.116. The maximum absolute atomic E-state index is 9.52. The molecule has 4 rings (SSSR count). The second-order valence-corrected chi connectivity index (χ2v) is 7.37. The Morgan fingerprint density at radius 3 is 2.96 bits per heavy atom. The van der Waals surface area contributed by atoms with Gasteiger partial charge >= 0.3 is 0 Å². The van der Waals surface area contributed by atoms with Gasteiger partial charge in [-0.25, -0.2) is 4.98 Å². The summed E-state index contributed by atoms with van der Waals surface area (Å²) in [6, 6.07) is 4.24. The van der Waals surface area contributed by atoms with Crippen molar-refractivity contribution in [3.05, 3.63) is 29.6 Å². The van der Waals surface area contributed by atoms with Gasteiger partial charge in [-0.15, -0.1) is 0 Å². The van der Waals surface area contributed by atoms with E-state index in [1.54, 1.807) is 0 Å². The number of rotatable bonds is 4. The number of nitrogens with zero attached hydrogens (tertiary/aromatic N) is 2. The molecule has 2 aromatic rings. The molecule has 24 heavy (non-hydrogen) atoms. The van der Waals surface area contributed by atoms with Crippen LogP contribution in [0.1, 0.15) is 42.9 Å². The SMILES string of the molecule is OCC1CCCN(Cc2c(C3CCNCC3)[nH]c3ncccc23)C1. The quantitative estimate of drug-likeness (QED) is 0.805. The third kappa shape index (κ3) is 3.21. The fourth-order valence-corrected chi connectivity index (χ4v) is 4.39.